The third-order valence-corrected chi connectivity index (χ3v) is 5.76. The zero-order valence-corrected chi connectivity index (χ0v) is 17.4. The van der Waals surface area contributed by atoms with Crippen molar-refractivity contribution in [2.45, 2.75) is 39.0 Å². The molecule has 28 heavy (non-hydrogen) atoms. The fraction of sp³-hybridized carbons (Fsp3) is 0.636. The first-order valence-electron chi connectivity index (χ1n) is 10.2. The van der Waals surface area contributed by atoms with Crippen molar-refractivity contribution in [2.75, 3.05) is 33.9 Å². The van der Waals surface area contributed by atoms with Gasteiger partial charge in [0.25, 0.3) is 0 Å². The molecule has 6 nitrogen and oxygen atoms in total. The number of amides is 2. The number of ether oxygens (including phenoxy) is 2. The number of carbonyl (C=O) groups excluding carboxylic acids is 2. The Morgan fingerprint density at radius 2 is 1.93 bits per heavy atom. The molecule has 1 aromatic carbocycles. The summed E-state index contributed by atoms with van der Waals surface area (Å²) < 4.78 is 10.9. The van der Waals surface area contributed by atoms with Gasteiger partial charge in [-0.3, -0.25) is 9.59 Å². The highest BCUT2D eigenvalue weighted by Gasteiger charge is 2.44. The standard InChI is InChI=1S/C22H32N2O4/c1-14(2)9-10-23-21(25)19-13-24(22(26)15-5-6-15)12-18(19)17-8-7-16(27-3)11-20(17)28-4/h7-8,11,14-15,18-19H,5-6,9-10,12-13H2,1-4H3,(H,23,25)/t18-,19+/m1/s1. The third-order valence-electron chi connectivity index (χ3n) is 5.76. The molecule has 2 amide bonds. The molecule has 1 heterocycles. The maximum Gasteiger partial charge on any atom is 0.225 e. The van der Waals surface area contributed by atoms with Crippen LogP contribution in [0.2, 0.25) is 0 Å². The van der Waals surface area contributed by atoms with E-state index in [1.54, 1.807) is 14.2 Å². The molecule has 2 atom stereocenters. The van der Waals surface area contributed by atoms with Gasteiger partial charge < -0.3 is 19.7 Å². The second kappa shape index (κ2) is 8.84. The monoisotopic (exact) mass is 388 g/mol. The molecule has 3 rings (SSSR count). The molecule has 1 aliphatic heterocycles. The molecule has 1 aromatic rings. The normalized spacial score (nSPS) is 21.7. The van der Waals surface area contributed by atoms with Crippen LogP contribution in [0, 0.1) is 17.8 Å². The average Bonchev–Trinajstić information content (AvgIpc) is 3.44. The summed E-state index contributed by atoms with van der Waals surface area (Å²) in [5, 5.41) is 3.08. The van der Waals surface area contributed by atoms with Gasteiger partial charge in [0.2, 0.25) is 11.8 Å². The summed E-state index contributed by atoms with van der Waals surface area (Å²) in [6.07, 6.45) is 2.88. The number of carbonyl (C=O) groups is 2. The van der Waals surface area contributed by atoms with Crippen molar-refractivity contribution in [1.29, 1.82) is 0 Å². The molecule has 0 aromatic heterocycles. The first-order valence-corrected chi connectivity index (χ1v) is 10.2. The summed E-state index contributed by atoms with van der Waals surface area (Å²) in [7, 11) is 3.24. The highest BCUT2D eigenvalue weighted by Crippen LogP contribution is 2.41. The SMILES string of the molecule is COc1ccc([C@H]2CN(C(=O)C3CC3)C[C@@H]2C(=O)NCCC(C)C)c(OC)c1. The van der Waals surface area contributed by atoms with Crippen LogP contribution in [0.5, 0.6) is 11.5 Å². The number of rotatable bonds is 8. The van der Waals surface area contributed by atoms with Crippen molar-refractivity contribution in [2.24, 2.45) is 17.8 Å². The Bertz CT molecular complexity index is 714. The van der Waals surface area contributed by atoms with E-state index in [2.05, 4.69) is 19.2 Å². The molecular weight excluding hydrogens is 356 g/mol. The van der Waals surface area contributed by atoms with Crippen LogP contribution in [0.1, 0.15) is 44.6 Å². The molecule has 1 N–H and O–H groups in total. The Kier molecular flexibility index (Phi) is 6.47. The predicted molar refractivity (Wildman–Crippen MR) is 108 cm³/mol. The zero-order valence-electron chi connectivity index (χ0n) is 17.4. The maximum atomic E-state index is 13.0. The van der Waals surface area contributed by atoms with Crippen molar-refractivity contribution in [3.8, 4) is 11.5 Å². The van der Waals surface area contributed by atoms with Gasteiger partial charge in [0.15, 0.2) is 0 Å². The van der Waals surface area contributed by atoms with Crippen LogP contribution in [0.25, 0.3) is 0 Å². The topological polar surface area (TPSA) is 67.9 Å². The Morgan fingerprint density at radius 1 is 1.18 bits per heavy atom. The van der Waals surface area contributed by atoms with Gasteiger partial charge in [0.05, 0.1) is 20.1 Å². The lowest BCUT2D eigenvalue weighted by molar-refractivity contribution is -0.132. The number of nitrogens with one attached hydrogen (secondary N) is 1. The van der Waals surface area contributed by atoms with E-state index < -0.39 is 0 Å². The molecule has 6 heteroatoms. The minimum atomic E-state index is -0.267. The molecule has 0 radical (unpaired) electrons. The van der Waals surface area contributed by atoms with Gasteiger partial charge in [-0.2, -0.15) is 0 Å². The lowest BCUT2D eigenvalue weighted by Crippen LogP contribution is -2.36. The third kappa shape index (κ3) is 4.59. The van der Waals surface area contributed by atoms with Crippen molar-refractivity contribution in [3.05, 3.63) is 23.8 Å². The van der Waals surface area contributed by atoms with Crippen molar-refractivity contribution in [1.82, 2.24) is 10.2 Å². The van der Waals surface area contributed by atoms with Crippen LogP contribution in [-0.2, 0) is 9.59 Å². The first kappa shape index (κ1) is 20.5. The average molecular weight is 389 g/mol. The van der Waals surface area contributed by atoms with E-state index in [-0.39, 0.29) is 29.6 Å². The molecule has 154 valence electrons. The largest absolute Gasteiger partial charge is 0.497 e. The summed E-state index contributed by atoms with van der Waals surface area (Å²) in [5.41, 5.74) is 0.957. The van der Waals surface area contributed by atoms with Gasteiger partial charge in [-0.15, -0.1) is 0 Å². The second-order valence-corrected chi connectivity index (χ2v) is 8.31. The molecule has 1 aliphatic carbocycles. The number of hydrogen-bond donors (Lipinski definition) is 1. The van der Waals surface area contributed by atoms with Gasteiger partial charge in [-0.1, -0.05) is 19.9 Å². The number of nitrogens with zero attached hydrogens (tertiary/aromatic N) is 1. The molecule has 0 bridgehead atoms. The van der Waals surface area contributed by atoms with E-state index >= 15 is 0 Å². The van der Waals surface area contributed by atoms with E-state index in [1.165, 1.54) is 0 Å². The first-order chi connectivity index (χ1) is 13.4. The van der Waals surface area contributed by atoms with Crippen molar-refractivity contribution in [3.63, 3.8) is 0 Å². The Morgan fingerprint density at radius 3 is 2.54 bits per heavy atom. The van der Waals surface area contributed by atoms with Crippen LogP contribution < -0.4 is 14.8 Å². The number of methoxy groups -OCH3 is 2. The molecule has 1 saturated heterocycles. The van der Waals surface area contributed by atoms with E-state index in [0.29, 0.717) is 37.1 Å². The fourth-order valence-electron chi connectivity index (χ4n) is 3.89. The van der Waals surface area contributed by atoms with E-state index in [9.17, 15) is 9.59 Å². The van der Waals surface area contributed by atoms with Crippen LogP contribution in [-0.4, -0.2) is 50.6 Å². The zero-order chi connectivity index (χ0) is 20.3. The molecular formula is C22H32N2O4. The molecule has 2 fully saturated rings. The molecule has 2 aliphatic rings. The Balaban J connectivity index is 1.82. The minimum absolute atomic E-state index is 0.0228. The Hall–Kier alpha value is -2.24. The predicted octanol–water partition coefficient (Wildman–Crippen LogP) is 2.82. The highest BCUT2D eigenvalue weighted by molar-refractivity contribution is 5.85. The van der Waals surface area contributed by atoms with Gasteiger partial charge in [0, 0.05) is 43.1 Å². The molecule has 0 spiro atoms. The lowest BCUT2D eigenvalue weighted by Gasteiger charge is -2.21. The maximum absolute atomic E-state index is 13.0. The van der Waals surface area contributed by atoms with Crippen molar-refractivity contribution >= 4 is 11.8 Å². The van der Waals surface area contributed by atoms with E-state index in [4.69, 9.17) is 9.47 Å². The van der Waals surface area contributed by atoms with E-state index in [1.807, 2.05) is 23.1 Å². The van der Waals surface area contributed by atoms with Gasteiger partial charge >= 0.3 is 0 Å². The second-order valence-electron chi connectivity index (χ2n) is 8.31. The lowest BCUT2D eigenvalue weighted by atomic mass is 9.87. The minimum Gasteiger partial charge on any atom is -0.497 e. The van der Waals surface area contributed by atoms with Crippen molar-refractivity contribution < 1.29 is 19.1 Å². The highest BCUT2D eigenvalue weighted by atomic mass is 16.5. The molecule has 0 unspecified atom stereocenters. The smallest absolute Gasteiger partial charge is 0.225 e. The Labute approximate surface area is 167 Å². The summed E-state index contributed by atoms with van der Waals surface area (Å²) in [5.74, 6) is 1.97. The van der Waals surface area contributed by atoms with Gasteiger partial charge in [0.1, 0.15) is 11.5 Å². The summed E-state index contributed by atoms with van der Waals surface area (Å²) >= 11 is 0. The number of hydrogen-bond acceptors (Lipinski definition) is 4. The van der Waals surface area contributed by atoms with Crippen LogP contribution in [0.15, 0.2) is 18.2 Å². The summed E-state index contributed by atoms with van der Waals surface area (Å²) in [6, 6.07) is 5.69. The van der Waals surface area contributed by atoms with Crippen LogP contribution >= 0.6 is 0 Å². The quantitative estimate of drug-likeness (QED) is 0.744. The van der Waals surface area contributed by atoms with E-state index in [0.717, 1.165) is 24.8 Å². The number of likely N-dealkylation sites (tertiary alicyclic amines) is 1. The summed E-state index contributed by atoms with van der Waals surface area (Å²) in [4.78, 5) is 27.5. The van der Waals surface area contributed by atoms with Gasteiger partial charge in [-0.25, -0.2) is 0 Å². The summed E-state index contributed by atoms with van der Waals surface area (Å²) in [6.45, 7) is 5.98. The molecule has 1 saturated carbocycles. The van der Waals surface area contributed by atoms with Gasteiger partial charge in [-0.05, 0) is 31.2 Å². The fourth-order valence-corrected chi connectivity index (χ4v) is 3.89. The van der Waals surface area contributed by atoms with Crippen LogP contribution in [0.3, 0.4) is 0 Å². The number of benzene rings is 1. The van der Waals surface area contributed by atoms with Crippen LogP contribution in [0.4, 0.5) is 0 Å².